The van der Waals surface area contributed by atoms with Crippen molar-refractivity contribution in [1.82, 2.24) is 4.98 Å². The molecule has 1 saturated heterocycles. The quantitative estimate of drug-likeness (QED) is 0.677. The van der Waals surface area contributed by atoms with Crippen molar-refractivity contribution >= 4 is 16.6 Å². The highest BCUT2D eigenvalue weighted by atomic mass is 16.5. The second-order valence-electron chi connectivity index (χ2n) is 7.83. The molecule has 5 nitrogen and oxygen atoms in total. The van der Waals surface area contributed by atoms with E-state index in [9.17, 15) is 4.79 Å². The van der Waals surface area contributed by atoms with Gasteiger partial charge in [0.1, 0.15) is 13.1 Å². The lowest BCUT2D eigenvalue weighted by atomic mass is 10.1. The topological polar surface area (TPSA) is 49.8 Å². The SMILES string of the molecule is CC[NH+](Cc1ccccc1)Cc1c(C)[nH]c2ccc(N3CCOCC3)cc2c1=O. The van der Waals surface area contributed by atoms with E-state index in [-0.39, 0.29) is 5.43 Å². The van der Waals surface area contributed by atoms with E-state index in [2.05, 4.69) is 47.1 Å². The van der Waals surface area contributed by atoms with Crippen LogP contribution in [0.15, 0.2) is 53.3 Å². The van der Waals surface area contributed by atoms with Gasteiger partial charge >= 0.3 is 0 Å². The van der Waals surface area contributed by atoms with Crippen LogP contribution in [0.2, 0.25) is 0 Å². The molecule has 1 aromatic heterocycles. The van der Waals surface area contributed by atoms with E-state index in [0.717, 1.165) is 73.8 Å². The highest BCUT2D eigenvalue weighted by Crippen LogP contribution is 2.21. The summed E-state index contributed by atoms with van der Waals surface area (Å²) in [6, 6.07) is 16.7. The summed E-state index contributed by atoms with van der Waals surface area (Å²) in [5.74, 6) is 0. The Kier molecular flexibility index (Phi) is 5.97. The van der Waals surface area contributed by atoms with Gasteiger partial charge in [0.25, 0.3) is 0 Å². The number of nitrogens with one attached hydrogen (secondary N) is 2. The Bertz CT molecular complexity index is 1020. The zero-order valence-corrected chi connectivity index (χ0v) is 17.3. The average Bonchev–Trinajstić information content (AvgIpc) is 2.77. The number of nitrogens with zero attached hydrogens (tertiary/aromatic N) is 1. The Morgan fingerprint density at radius 3 is 2.55 bits per heavy atom. The number of H-pyrrole nitrogens is 1. The van der Waals surface area contributed by atoms with Gasteiger partial charge in [0, 0.05) is 40.9 Å². The predicted molar refractivity (Wildman–Crippen MR) is 118 cm³/mol. The molecule has 2 N–H and O–H groups in total. The van der Waals surface area contributed by atoms with Crippen LogP contribution < -0.4 is 15.2 Å². The molecule has 3 aromatic rings. The molecule has 1 fully saturated rings. The fourth-order valence-corrected chi connectivity index (χ4v) is 4.12. The Morgan fingerprint density at radius 2 is 1.83 bits per heavy atom. The highest BCUT2D eigenvalue weighted by molar-refractivity contribution is 5.83. The number of quaternary nitrogens is 1. The number of ether oxygens (including phenoxy) is 1. The summed E-state index contributed by atoms with van der Waals surface area (Å²) < 4.78 is 5.46. The van der Waals surface area contributed by atoms with Gasteiger partial charge in [0.2, 0.25) is 0 Å². The van der Waals surface area contributed by atoms with Crippen LogP contribution in [0.4, 0.5) is 5.69 Å². The van der Waals surface area contributed by atoms with E-state index < -0.39 is 0 Å². The molecule has 0 amide bonds. The summed E-state index contributed by atoms with van der Waals surface area (Å²) in [7, 11) is 0. The largest absolute Gasteiger partial charge is 0.378 e. The molecule has 1 aliphatic heterocycles. The van der Waals surface area contributed by atoms with E-state index in [1.165, 1.54) is 10.5 Å². The molecule has 1 atom stereocenters. The van der Waals surface area contributed by atoms with Crippen molar-refractivity contribution in [2.75, 3.05) is 37.7 Å². The maximum Gasteiger partial charge on any atom is 0.198 e. The highest BCUT2D eigenvalue weighted by Gasteiger charge is 2.18. The standard InChI is InChI=1S/C24H29N3O2/c1-3-26(16-19-7-5-4-6-8-19)17-22-18(2)25-23-10-9-20(15-21(23)24(22)28)27-11-13-29-14-12-27/h4-10,15H,3,11-14,16-17H2,1-2H3,(H,25,28)/p+1. The number of aromatic amines is 1. The summed E-state index contributed by atoms with van der Waals surface area (Å²) in [6.07, 6.45) is 0. The number of morpholine rings is 1. The van der Waals surface area contributed by atoms with Crippen molar-refractivity contribution < 1.29 is 9.64 Å². The minimum Gasteiger partial charge on any atom is -0.378 e. The predicted octanol–water partition coefficient (Wildman–Crippen LogP) is 2.28. The van der Waals surface area contributed by atoms with Gasteiger partial charge in [0.15, 0.2) is 5.43 Å². The van der Waals surface area contributed by atoms with Crippen LogP contribution in [0.5, 0.6) is 0 Å². The van der Waals surface area contributed by atoms with Gasteiger partial charge in [-0.3, -0.25) is 4.79 Å². The van der Waals surface area contributed by atoms with Crippen molar-refractivity contribution in [3.05, 3.63) is 75.6 Å². The normalized spacial score (nSPS) is 15.6. The summed E-state index contributed by atoms with van der Waals surface area (Å²) in [6.45, 7) is 10.0. The lowest BCUT2D eigenvalue weighted by Crippen LogP contribution is -3.09. The molecular weight excluding hydrogens is 362 g/mol. The van der Waals surface area contributed by atoms with E-state index in [0.29, 0.717) is 0 Å². The van der Waals surface area contributed by atoms with Crippen molar-refractivity contribution in [2.45, 2.75) is 26.9 Å². The molecule has 5 heteroatoms. The van der Waals surface area contributed by atoms with Crippen LogP contribution in [0, 0.1) is 6.92 Å². The van der Waals surface area contributed by atoms with Crippen molar-refractivity contribution in [3.8, 4) is 0 Å². The average molecular weight is 393 g/mol. The Labute approximate surface area is 171 Å². The maximum atomic E-state index is 13.4. The first-order valence-electron chi connectivity index (χ1n) is 10.5. The third-order valence-electron chi connectivity index (χ3n) is 5.90. The molecule has 29 heavy (non-hydrogen) atoms. The molecule has 1 unspecified atom stereocenters. The number of aryl methyl sites for hydroxylation is 1. The molecule has 0 saturated carbocycles. The number of anilines is 1. The summed E-state index contributed by atoms with van der Waals surface area (Å²) in [4.78, 5) is 20.6. The molecule has 0 radical (unpaired) electrons. The molecule has 152 valence electrons. The second-order valence-corrected chi connectivity index (χ2v) is 7.83. The number of fused-ring (bicyclic) bond motifs is 1. The number of hydrogen-bond acceptors (Lipinski definition) is 3. The molecule has 1 aliphatic rings. The molecule has 0 spiro atoms. The van der Waals surface area contributed by atoms with Gasteiger partial charge in [-0.05, 0) is 32.0 Å². The maximum absolute atomic E-state index is 13.4. The fraction of sp³-hybridized carbons (Fsp3) is 0.375. The van der Waals surface area contributed by atoms with Gasteiger partial charge in [-0.15, -0.1) is 0 Å². The number of rotatable bonds is 6. The van der Waals surface area contributed by atoms with Gasteiger partial charge in [-0.2, -0.15) is 0 Å². The van der Waals surface area contributed by atoms with Crippen molar-refractivity contribution in [2.24, 2.45) is 0 Å². The molecule has 4 rings (SSSR count). The Balaban J connectivity index is 1.65. The van der Waals surface area contributed by atoms with Crippen molar-refractivity contribution in [1.29, 1.82) is 0 Å². The number of aromatic nitrogens is 1. The molecule has 2 aromatic carbocycles. The van der Waals surface area contributed by atoms with E-state index in [4.69, 9.17) is 4.74 Å². The number of benzene rings is 2. The second kappa shape index (κ2) is 8.80. The van der Waals surface area contributed by atoms with Gasteiger partial charge in [-0.1, -0.05) is 30.3 Å². The number of hydrogen-bond donors (Lipinski definition) is 2. The van der Waals surface area contributed by atoms with E-state index >= 15 is 0 Å². The third kappa shape index (κ3) is 4.36. The number of pyridine rings is 1. The smallest absolute Gasteiger partial charge is 0.198 e. The lowest BCUT2D eigenvalue weighted by molar-refractivity contribution is -0.925. The molecule has 2 heterocycles. The van der Waals surface area contributed by atoms with Crippen LogP contribution in [-0.2, 0) is 17.8 Å². The first-order valence-corrected chi connectivity index (χ1v) is 10.5. The van der Waals surface area contributed by atoms with Gasteiger partial charge < -0.3 is 19.5 Å². The van der Waals surface area contributed by atoms with Crippen LogP contribution in [-0.4, -0.2) is 37.8 Å². The van der Waals surface area contributed by atoms with E-state index in [1.54, 1.807) is 0 Å². The van der Waals surface area contributed by atoms with Crippen LogP contribution in [0.1, 0.15) is 23.7 Å². The van der Waals surface area contributed by atoms with Crippen LogP contribution in [0.25, 0.3) is 10.9 Å². The van der Waals surface area contributed by atoms with Crippen LogP contribution in [0.3, 0.4) is 0 Å². The Morgan fingerprint density at radius 1 is 1.07 bits per heavy atom. The van der Waals surface area contributed by atoms with E-state index in [1.807, 2.05) is 25.1 Å². The monoisotopic (exact) mass is 392 g/mol. The third-order valence-corrected chi connectivity index (χ3v) is 5.90. The first kappa shape index (κ1) is 19.7. The molecule has 0 aliphatic carbocycles. The summed E-state index contributed by atoms with van der Waals surface area (Å²) >= 11 is 0. The minimum atomic E-state index is 0.158. The van der Waals surface area contributed by atoms with Gasteiger partial charge in [-0.25, -0.2) is 0 Å². The zero-order chi connectivity index (χ0) is 20.2. The lowest BCUT2D eigenvalue weighted by Gasteiger charge is -2.29. The zero-order valence-electron chi connectivity index (χ0n) is 17.3. The first-order chi connectivity index (χ1) is 14.2. The Hall–Kier alpha value is -2.63. The van der Waals surface area contributed by atoms with Gasteiger partial charge in [0.05, 0.1) is 25.3 Å². The van der Waals surface area contributed by atoms with Crippen LogP contribution >= 0.6 is 0 Å². The summed E-state index contributed by atoms with van der Waals surface area (Å²) in [5, 5.41) is 0.782. The van der Waals surface area contributed by atoms with Crippen molar-refractivity contribution in [3.63, 3.8) is 0 Å². The molecular formula is C24H30N3O2+. The summed E-state index contributed by atoms with van der Waals surface area (Å²) in [5.41, 5.74) is 5.34. The molecule has 0 bridgehead atoms. The fourth-order valence-electron chi connectivity index (χ4n) is 4.12. The minimum absolute atomic E-state index is 0.158.